The summed E-state index contributed by atoms with van der Waals surface area (Å²) in [7, 11) is 0. The Labute approximate surface area is 75.8 Å². The van der Waals surface area contributed by atoms with Gasteiger partial charge < -0.3 is 5.32 Å². The zero-order valence-corrected chi connectivity index (χ0v) is 7.40. The standard InChI is InChI=1S/C10H11F2N/c1-6-2-3-7-9(13-6)5-4-8(11)10(7)12/h4-6,13H,2-3H2,1H3. The summed E-state index contributed by atoms with van der Waals surface area (Å²) < 4.78 is 26.0. The molecular weight excluding hydrogens is 172 g/mol. The maximum absolute atomic E-state index is 13.2. The molecule has 13 heavy (non-hydrogen) atoms. The van der Waals surface area contributed by atoms with Crippen molar-refractivity contribution in [1.29, 1.82) is 0 Å². The number of benzene rings is 1. The molecule has 1 aromatic rings. The SMILES string of the molecule is CC1CCc2c(ccc(F)c2F)N1. The molecule has 1 atom stereocenters. The van der Waals surface area contributed by atoms with Crippen LogP contribution in [0.4, 0.5) is 14.5 Å². The summed E-state index contributed by atoms with van der Waals surface area (Å²) in [5.41, 5.74) is 1.22. The van der Waals surface area contributed by atoms with Gasteiger partial charge in [-0.15, -0.1) is 0 Å². The molecule has 0 amide bonds. The Morgan fingerprint density at radius 2 is 2.15 bits per heavy atom. The molecule has 1 unspecified atom stereocenters. The van der Waals surface area contributed by atoms with E-state index in [2.05, 4.69) is 5.32 Å². The number of hydrogen-bond acceptors (Lipinski definition) is 1. The first kappa shape index (κ1) is 8.48. The number of anilines is 1. The van der Waals surface area contributed by atoms with Crippen LogP contribution in [0.5, 0.6) is 0 Å². The topological polar surface area (TPSA) is 12.0 Å². The summed E-state index contributed by atoms with van der Waals surface area (Å²) in [5, 5.41) is 3.12. The van der Waals surface area contributed by atoms with Crippen LogP contribution in [-0.4, -0.2) is 6.04 Å². The summed E-state index contributed by atoms with van der Waals surface area (Å²) in [4.78, 5) is 0. The van der Waals surface area contributed by atoms with Crippen molar-refractivity contribution in [2.75, 3.05) is 5.32 Å². The second kappa shape index (κ2) is 2.98. The first-order valence-corrected chi connectivity index (χ1v) is 4.42. The molecule has 1 nitrogen and oxygen atoms in total. The lowest BCUT2D eigenvalue weighted by atomic mass is 9.98. The van der Waals surface area contributed by atoms with Gasteiger partial charge in [0.05, 0.1) is 0 Å². The molecule has 3 heteroatoms. The third kappa shape index (κ3) is 1.39. The van der Waals surface area contributed by atoms with E-state index < -0.39 is 11.6 Å². The number of fused-ring (bicyclic) bond motifs is 1. The van der Waals surface area contributed by atoms with Crippen LogP contribution in [0.25, 0.3) is 0 Å². The highest BCUT2D eigenvalue weighted by atomic mass is 19.2. The maximum Gasteiger partial charge on any atom is 0.164 e. The van der Waals surface area contributed by atoms with Crippen molar-refractivity contribution in [3.63, 3.8) is 0 Å². The maximum atomic E-state index is 13.2. The van der Waals surface area contributed by atoms with Gasteiger partial charge in [-0.2, -0.15) is 0 Å². The van der Waals surface area contributed by atoms with Gasteiger partial charge in [0.2, 0.25) is 0 Å². The van der Waals surface area contributed by atoms with Gasteiger partial charge in [-0.3, -0.25) is 0 Å². The number of hydrogen-bond donors (Lipinski definition) is 1. The fraction of sp³-hybridized carbons (Fsp3) is 0.400. The van der Waals surface area contributed by atoms with Gasteiger partial charge in [0.15, 0.2) is 11.6 Å². The van der Waals surface area contributed by atoms with Crippen molar-refractivity contribution in [3.05, 3.63) is 29.3 Å². The van der Waals surface area contributed by atoms with Crippen LogP contribution in [-0.2, 0) is 6.42 Å². The van der Waals surface area contributed by atoms with Crippen molar-refractivity contribution < 1.29 is 8.78 Å². The molecule has 1 aromatic carbocycles. The summed E-state index contributed by atoms with van der Waals surface area (Å²) in [6.07, 6.45) is 1.47. The Morgan fingerprint density at radius 3 is 2.92 bits per heavy atom. The normalized spacial score (nSPS) is 20.7. The van der Waals surface area contributed by atoms with Gasteiger partial charge in [0, 0.05) is 17.3 Å². The van der Waals surface area contributed by atoms with Gasteiger partial charge in [0.25, 0.3) is 0 Å². The van der Waals surface area contributed by atoms with Crippen LogP contribution in [0.2, 0.25) is 0 Å². The molecular formula is C10H11F2N. The van der Waals surface area contributed by atoms with Gasteiger partial charge in [-0.1, -0.05) is 0 Å². The minimum Gasteiger partial charge on any atom is -0.382 e. The van der Waals surface area contributed by atoms with Crippen LogP contribution in [0, 0.1) is 11.6 Å². The lowest BCUT2D eigenvalue weighted by Crippen LogP contribution is -2.23. The van der Waals surface area contributed by atoms with Gasteiger partial charge >= 0.3 is 0 Å². The second-order valence-corrected chi connectivity index (χ2v) is 3.47. The second-order valence-electron chi connectivity index (χ2n) is 3.47. The Kier molecular flexibility index (Phi) is 1.94. The molecule has 1 N–H and O–H groups in total. The molecule has 1 aliphatic heterocycles. The monoisotopic (exact) mass is 183 g/mol. The van der Waals surface area contributed by atoms with Gasteiger partial charge in [-0.05, 0) is 31.9 Å². The number of nitrogens with one attached hydrogen (secondary N) is 1. The minimum atomic E-state index is -0.755. The zero-order valence-electron chi connectivity index (χ0n) is 7.40. The molecule has 0 saturated heterocycles. The van der Waals surface area contributed by atoms with Crippen LogP contribution in [0.1, 0.15) is 18.9 Å². The Balaban J connectivity index is 2.47. The van der Waals surface area contributed by atoms with E-state index in [-0.39, 0.29) is 0 Å². The zero-order chi connectivity index (χ0) is 9.42. The highest BCUT2D eigenvalue weighted by Crippen LogP contribution is 2.28. The molecule has 1 heterocycles. The molecule has 0 fully saturated rings. The Bertz CT molecular complexity index is 336. The van der Waals surface area contributed by atoms with Gasteiger partial charge in [-0.25, -0.2) is 8.78 Å². The minimum absolute atomic E-state index is 0.345. The molecule has 70 valence electrons. The van der Waals surface area contributed by atoms with Crippen LogP contribution < -0.4 is 5.32 Å². The first-order valence-electron chi connectivity index (χ1n) is 4.42. The molecule has 0 aliphatic carbocycles. The molecule has 0 saturated carbocycles. The van der Waals surface area contributed by atoms with E-state index in [1.807, 2.05) is 6.92 Å². The number of halogens is 2. The predicted molar refractivity (Wildman–Crippen MR) is 47.8 cm³/mol. The molecule has 2 rings (SSSR count). The quantitative estimate of drug-likeness (QED) is 0.652. The van der Waals surface area contributed by atoms with E-state index in [9.17, 15) is 8.78 Å². The fourth-order valence-corrected chi connectivity index (χ4v) is 1.67. The number of rotatable bonds is 0. The van der Waals surface area contributed by atoms with Crippen LogP contribution in [0.3, 0.4) is 0 Å². The lowest BCUT2D eigenvalue weighted by Gasteiger charge is -2.24. The van der Waals surface area contributed by atoms with Crippen molar-refractivity contribution in [2.24, 2.45) is 0 Å². The highest BCUT2D eigenvalue weighted by molar-refractivity contribution is 5.54. The molecule has 0 bridgehead atoms. The molecule has 0 spiro atoms. The summed E-state index contributed by atoms with van der Waals surface area (Å²) in [6, 6.07) is 3.11. The highest BCUT2D eigenvalue weighted by Gasteiger charge is 2.19. The lowest BCUT2D eigenvalue weighted by molar-refractivity contribution is 0.492. The average molecular weight is 183 g/mol. The summed E-state index contributed by atoms with van der Waals surface area (Å²) >= 11 is 0. The molecule has 0 radical (unpaired) electrons. The third-order valence-corrected chi connectivity index (χ3v) is 2.43. The van der Waals surface area contributed by atoms with Gasteiger partial charge in [0.1, 0.15) is 0 Å². The summed E-state index contributed by atoms with van der Waals surface area (Å²) in [5.74, 6) is -1.45. The van der Waals surface area contributed by atoms with Crippen molar-refractivity contribution in [2.45, 2.75) is 25.8 Å². The van der Waals surface area contributed by atoms with Crippen molar-refractivity contribution in [3.8, 4) is 0 Å². The largest absolute Gasteiger partial charge is 0.382 e. The van der Waals surface area contributed by atoms with E-state index in [1.165, 1.54) is 6.07 Å². The van der Waals surface area contributed by atoms with E-state index >= 15 is 0 Å². The van der Waals surface area contributed by atoms with E-state index in [0.29, 0.717) is 18.0 Å². The fourth-order valence-electron chi connectivity index (χ4n) is 1.67. The van der Waals surface area contributed by atoms with E-state index in [0.717, 1.165) is 12.1 Å². The van der Waals surface area contributed by atoms with Crippen molar-refractivity contribution in [1.82, 2.24) is 0 Å². The molecule has 0 aromatic heterocycles. The molecule has 1 aliphatic rings. The van der Waals surface area contributed by atoms with Crippen LogP contribution >= 0.6 is 0 Å². The Morgan fingerprint density at radius 1 is 1.38 bits per heavy atom. The summed E-state index contributed by atoms with van der Waals surface area (Å²) in [6.45, 7) is 2.03. The Hall–Kier alpha value is -1.12. The van der Waals surface area contributed by atoms with Crippen molar-refractivity contribution >= 4 is 5.69 Å². The van der Waals surface area contributed by atoms with E-state index in [1.54, 1.807) is 6.07 Å². The average Bonchev–Trinajstić information content (AvgIpc) is 2.12. The first-order chi connectivity index (χ1) is 6.18. The van der Waals surface area contributed by atoms with Crippen LogP contribution in [0.15, 0.2) is 12.1 Å². The third-order valence-electron chi connectivity index (χ3n) is 2.43. The van der Waals surface area contributed by atoms with E-state index in [4.69, 9.17) is 0 Å². The predicted octanol–water partition coefficient (Wildman–Crippen LogP) is 2.71. The smallest absolute Gasteiger partial charge is 0.164 e.